The minimum Gasteiger partial charge on any atom is -0.379 e. The first-order chi connectivity index (χ1) is 14.8. The zero-order valence-corrected chi connectivity index (χ0v) is 18.5. The van der Waals surface area contributed by atoms with Crippen LogP contribution >= 0.6 is 11.3 Å². The van der Waals surface area contributed by atoms with Crippen LogP contribution in [0.4, 0.5) is 0 Å². The van der Waals surface area contributed by atoms with Gasteiger partial charge in [-0.25, -0.2) is 9.67 Å². The zero-order chi connectivity index (χ0) is 20.8. The van der Waals surface area contributed by atoms with E-state index in [0.29, 0.717) is 12.6 Å². The fourth-order valence-electron chi connectivity index (χ4n) is 4.03. The third-order valence-corrected chi connectivity index (χ3v) is 6.53. The Bertz CT molecular complexity index is 817. The Labute approximate surface area is 181 Å². The van der Waals surface area contributed by atoms with Crippen molar-refractivity contribution in [1.29, 1.82) is 0 Å². The van der Waals surface area contributed by atoms with E-state index in [-0.39, 0.29) is 6.04 Å². The molecule has 2 atom stereocenters. The van der Waals surface area contributed by atoms with E-state index in [1.54, 1.807) is 18.4 Å². The number of methoxy groups -OCH3 is 1. The van der Waals surface area contributed by atoms with Gasteiger partial charge in [-0.05, 0) is 17.9 Å². The fourth-order valence-corrected chi connectivity index (χ4v) is 4.89. The maximum atomic E-state index is 5.54. The van der Waals surface area contributed by atoms with Crippen LogP contribution in [0.3, 0.4) is 0 Å². The van der Waals surface area contributed by atoms with Crippen LogP contribution in [-0.4, -0.2) is 78.7 Å². The van der Waals surface area contributed by atoms with E-state index < -0.39 is 0 Å². The van der Waals surface area contributed by atoms with Gasteiger partial charge in [0.25, 0.3) is 0 Å². The van der Waals surface area contributed by atoms with E-state index in [0.717, 1.165) is 69.8 Å². The predicted octanol–water partition coefficient (Wildman–Crippen LogP) is 1.04. The Balaban J connectivity index is 1.34. The summed E-state index contributed by atoms with van der Waals surface area (Å²) in [6.07, 6.45) is 1.90. The van der Waals surface area contributed by atoms with Crippen molar-refractivity contribution in [1.82, 2.24) is 30.3 Å². The summed E-state index contributed by atoms with van der Waals surface area (Å²) in [5.74, 6) is 2.61. The highest BCUT2D eigenvalue weighted by atomic mass is 32.1. The van der Waals surface area contributed by atoms with Crippen molar-refractivity contribution in [2.45, 2.75) is 38.1 Å². The van der Waals surface area contributed by atoms with Crippen molar-refractivity contribution in [3.05, 3.63) is 34.0 Å². The molecule has 0 saturated carbocycles. The van der Waals surface area contributed by atoms with Crippen LogP contribution in [-0.2, 0) is 29.0 Å². The number of morpholine rings is 1. The number of rotatable bonds is 7. The molecule has 2 unspecified atom stereocenters. The molecule has 0 aromatic carbocycles. The second-order valence-electron chi connectivity index (χ2n) is 7.57. The average molecular weight is 434 g/mol. The van der Waals surface area contributed by atoms with Crippen molar-refractivity contribution >= 4 is 17.3 Å². The van der Waals surface area contributed by atoms with Gasteiger partial charge >= 0.3 is 0 Å². The molecule has 2 N–H and O–H groups in total. The molecule has 1 fully saturated rings. The maximum absolute atomic E-state index is 5.54. The largest absolute Gasteiger partial charge is 0.379 e. The molecule has 0 aliphatic carbocycles. The molecule has 0 radical (unpaired) electrons. The smallest absolute Gasteiger partial charge is 0.191 e. The lowest BCUT2D eigenvalue weighted by Gasteiger charge is -2.34. The summed E-state index contributed by atoms with van der Waals surface area (Å²) in [4.78, 5) is 12.9. The zero-order valence-electron chi connectivity index (χ0n) is 17.7. The van der Waals surface area contributed by atoms with Gasteiger partial charge < -0.3 is 20.1 Å². The van der Waals surface area contributed by atoms with Gasteiger partial charge in [0.05, 0.1) is 25.8 Å². The van der Waals surface area contributed by atoms with Crippen LogP contribution in [0.2, 0.25) is 0 Å². The van der Waals surface area contributed by atoms with Crippen LogP contribution in [0.15, 0.2) is 22.5 Å². The van der Waals surface area contributed by atoms with Gasteiger partial charge in [0.2, 0.25) is 0 Å². The van der Waals surface area contributed by atoms with E-state index >= 15 is 0 Å². The lowest BCUT2D eigenvalue weighted by molar-refractivity contribution is 0.0177. The third-order valence-electron chi connectivity index (χ3n) is 5.56. The molecule has 30 heavy (non-hydrogen) atoms. The Morgan fingerprint density at radius 1 is 1.43 bits per heavy atom. The molecular formula is C20H31N7O2S. The number of ether oxygens (including phenoxy) is 2. The number of hydrogen-bond acceptors (Lipinski definition) is 7. The summed E-state index contributed by atoms with van der Waals surface area (Å²) in [6, 6.07) is 4.92. The Kier molecular flexibility index (Phi) is 7.32. The van der Waals surface area contributed by atoms with E-state index in [9.17, 15) is 0 Å². The van der Waals surface area contributed by atoms with E-state index in [1.807, 2.05) is 11.7 Å². The summed E-state index contributed by atoms with van der Waals surface area (Å²) < 4.78 is 12.7. The monoisotopic (exact) mass is 433 g/mol. The Morgan fingerprint density at radius 2 is 2.30 bits per heavy atom. The number of hydrogen-bond donors (Lipinski definition) is 2. The predicted molar refractivity (Wildman–Crippen MR) is 117 cm³/mol. The fraction of sp³-hybridized carbons (Fsp3) is 0.650. The number of nitrogens with one attached hydrogen (secondary N) is 2. The molecule has 0 spiro atoms. The number of nitrogens with zero attached hydrogens (tertiary/aromatic N) is 5. The van der Waals surface area contributed by atoms with Gasteiger partial charge in [-0.15, -0.1) is 11.3 Å². The van der Waals surface area contributed by atoms with Gasteiger partial charge in [-0.3, -0.25) is 9.89 Å². The lowest BCUT2D eigenvalue weighted by Crippen LogP contribution is -2.50. The summed E-state index contributed by atoms with van der Waals surface area (Å²) in [6.45, 7) is 5.54. The molecule has 2 aromatic rings. The molecule has 10 heteroatoms. The molecule has 2 aliphatic rings. The van der Waals surface area contributed by atoms with Gasteiger partial charge in [0, 0.05) is 51.1 Å². The second kappa shape index (κ2) is 10.3. The summed E-state index contributed by atoms with van der Waals surface area (Å²) in [5, 5.41) is 13.8. The number of guanidine groups is 1. The molecule has 0 amide bonds. The van der Waals surface area contributed by atoms with Crippen LogP contribution in [0.1, 0.15) is 29.0 Å². The molecule has 0 bridgehead atoms. The topological polar surface area (TPSA) is 88.8 Å². The molecule has 2 aliphatic heterocycles. The second-order valence-corrected chi connectivity index (χ2v) is 8.55. The number of fused-ring (bicyclic) bond motifs is 1. The van der Waals surface area contributed by atoms with Gasteiger partial charge in [-0.1, -0.05) is 6.07 Å². The average Bonchev–Trinajstić information content (AvgIpc) is 3.43. The highest BCUT2D eigenvalue weighted by Crippen LogP contribution is 2.25. The third kappa shape index (κ3) is 5.18. The molecular weight excluding hydrogens is 402 g/mol. The normalized spacial score (nSPS) is 21.3. The Morgan fingerprint density at radius 3 is 3.03 bits per heavy atom. The molecule has 4 heterocycles. The van der Waals surface area contributed by atoms with Gasteiger partial charge in [0.15, 0.2) is 11.8 Å². The molecule has 2 aromatic heterocycles. The number of aliphatic imine (C=N–C) groups is 1. The first kappa shape index (κ1) is 21.2. The molecule has 9 nitrogen and oxygen atoms in total. The van der Waals surface area contributed by atoms with Gasteiger partial charge in [-0.2, -0.15) is 5.10 Å². The van der Waals surface area contributed by atoms with Crippen molar-refractivity contribution in [3.63, 3.8) is 0 Å². The van der Waals surface area contributed by atoms with E-state index in [4.69, 9.17) is 9.47 Å². The maximum Gasteiger partial charge on any atom is 0.191 e. The first-order valence-corrected chi connectivity index (χ1v) is 11.4. The van der Waals surface area contributed by atoms with E-state index in [1.165, 1.54) is 4.88 Å². The number of thiophene rings is 1. The van der Waals surface area contributed by atoms with Crippen LogP contribution in [0.5, 0.6) is 0 Å². The molecule has 1 saturated heterocycles. The minimum absolute atomic E-state index is 0.268. The van der Waals surface area contributed by atoms with Gasteiger partial charge in [0.1, 0.15) is 12.4 Å². The summed E-state index contributed by atoms with van der Waals surface area (Å²) in [7, 11) is 3.49. The standard InChI is InChI=1S/C20H31N7O2S/c1-21-20(23-15-5-6-19-24-18(14-28-2)25-27(19)13-15)22-12-16(17-4-3-11-30-17)26-7-9-29-10-8-26/h3-4,11,15-16H,5-10,12-14H2,1-2H3,(H2,21,22,23). The molecule has 4 rings (SSSR count). The van der Waals surface area contributed by atoms with Crippen LogP contribution in [0.25, 0.3) is 0 Å². The van der Waals surface area contributed by atoms with Crippen molar-refractivity contribution in [2.24, 2.45) is 4.99 Å². The highest BCUT2D eigenvalue weighted by Gasteiger charge is 2.25. The van der Waals surface area contributed by atoms with Crippen molar-refractivity contribution in [3.8, 4) is 0 Å². The summed E-state index contributed by atoms with van der Waals surface area (Å²) in [5.41, 5.74) is 0. The highest BCUT2D eigenvalue weighted by molar-refractivity contribution is 7.10. The summed E-state index contributed by atoms with van der Waals surface area (Å²) >= 11 is 1.81. The minimum atomic E-state index is 0.268. The SMILES string of the molecule is CN=C(NCC(c1cccs1)N1CCOCC1)NC1CCc2nc(COC)nn2C1. The lowest BCUT2D eigenvalue weighted by atomic mass is 10.1. The van der Waals surface area contributed by atoms with Crippen LogP contribution < -0.4 is 10.6 Å². The molecule has 164 valence electrons. The Hall–Kier alpha value is -2.01. The number of aromatic nitrogens is 3. The first-order valence-electron chi connectivity index (χ1n) is 10.5. The quantitative estimate of drug-likeness (QED) is 0.498. The van der Waals surface area contributed by atoms with Crippen molar-refractivity contribution < 1.29 is 9.47 Å². The van der Waals surface area contributed by atoms with E-state index in [2.05, 4.69) is 48.1 Å². The van der Waals surface area contributed by atoms with Crippen molar-refractivity contribution in [2.75, 3.05) is 47.0 Å². The number of aryl methyl sites for hydroxylation is 1. The van der Waals surface area contributed by atoms with Crippen LogP contribution in [0, 0.1) is 0 Å².